The third-order valence-corrected chi connectivity index (χ3v) is 4.68. The van der Waals surface area contributed by atoms with Gasteiger partial charge in [-0.25, -0.2) is 9.97 Å². The number of benzene rings is 1. The maximum Gasteiger partial charge on any atom is 0.254 e. The summed E-state index contributed by atoms with van der Waals surface area (Å²) < 4.78 is 0. The van der Waals surface area contributed by atoms with Gasteiger partial charge in [0.05, 0.1) is 5.56 Å². The average molecular weight is 359 g/mol. The first kappa shape index (κ1) is 17.7. The number of carbonyl (C=O) groups is 1. The van der Waals surface area contributed by atoms with Crippen molar-refractivity contribution in [3.8, 4) is 0 Å². The van der Waals surface area contributed by atoms with Crippen LogP contribution >= 0.6 is 11.6 Å². The molecule has 0 aliphatic heterocycles. The maximum absolute atomic E-state index is 12.2. The largest absolute Gasteiger partial charge is 0.354 e. The summed E-state index contributed by atoms with van der Waals surface area (Å²) in [6.07, 6.45) is 9.76. The molecule has 1 aromatic heterocycles. The van der Waals surface area contributed by atoms with Gasteiger partial charge < -0.3 is 10.6 Å². The average Bonchev–Trinajstić information content (AvgIpc) is 2.63. The maximum atomic E-state index is 12.2. The van der Waals surface area contributed by atoms with E-state index < -0.39 is 0 Å². The number of nitrogens with one attached hydrogen (secondary N) is 2. The van der Waals surface area contributed by atoms with Crippen molar-refractivity contribution in [2.45, 2.75) is 44.6 Å². The van der Waals surface area contributed by atoms with E-state index in [0.29, 0.717) is 18.1 Å². The minimum atomic E-state index is -0.0858. The minimum Gasteiger partial charge on any atom is -0.354 e. The van der Waals surface area contributed by atoms with E-state index in [1.165, 1.54) is 19.3 Å². The van der Waals surface area contributed by atoms with Crippen molar-refractivity contribution >= 4 is 23.5 Å². The SMILES string of the molecule is O=C(NC1CCCCC1)c1cnc(NCCc2cccc(Cl)c2)nc1. The highest BCUT2D eigenvalue weighted by atomic mass is 35.5. The van der Waals surface area contributed by atoms with Crippen LogP contribution in [0.3, 0.4) is 0 Å². The van der Waals surface area contributed by atoms with E-state index in [1.54, 1.807) is 12.4 Å². The van der Waals surface area contributed by atoms with Crippen molar-refractivity contribution < 1.29 is 4.79 Å². The number of hydrogen-bond acceptors (Lipinski definition) is 4. The van der Waals surface area contributed by atoms with Gasteiger partial charge in [-0.2, -0.15) is 0 Å². The fraction of sp³-hybridized carbons (Fsp3) is 0.421. The molecule has 132 valence electrons. The number of aromatic nitrogens is 2. The van der Waals surface area contributed by atoms with Crippen LogP contribution in [0.4, 0.5) is 5.95 Å². The molecule has 6 heteroatoms. The topological polar surface area (TPSA) is 66.9 Å². The standard InChI is InChI=1S/C19H23ClN4O/c20-16-6-4-5-14(11-16)9-10-21-19-22-12-15(13-23-19)18(25)24-17-7-2-1-3-8-17/h4-6,11-13,17H,1-3,7-10H2,(H,24,25)(H,21,22,23). The highest BCUT2D eigenvalue weighted by molar-refractivity contribution is 6.30. The van der Waals surface area contributed by atoms with Crippen molar-refractivity contribution in [1.29, 1.82) is 0 Å². The van der Waals surface area contributed by atoms with E-state index in [1.807, 2.05) is 24.3 Å². The minimum absolute atomic E-state index is 0.0858. The highest BCUT2D eigenvalue weighted by Crippen LogP contribution is 2.17. The summed E-state index contributed by atoms with van der Waals surface area (Å²) in [6.45, 7) is 0.702. The lowest BCUT2D eigenvalue weighted by Crippen LogP contribution is -2.36. The quantitative estimate of drug-likeness (QED) is 0.823. The lowest BCUT2D eigenvalue weighted by Gasteiger charge is -2.22. The molecular weight excluding hydrogens is 336 g/mol. The third kappa shape index (κ3) is 5.43. The molecule has 1 amide bonds. The summed E-state index contributed by atoms with van der Waals surface area (Å²) in [5, 5.41) is 6.97. The van der Waals surface area contributed by atoms with Gasteiger partial charge in [-0.3, -0.25) is 4.79 Å². The Morgan fingerprint density at radius 2 is 1.92 bits per heavy atom. The molecule has 2 aromatic rings. The lowest BCUT2D eigenvalue weighted by atomic mass is 9.95. The van der Waals surface area contributed by atoms with Crippen molar-refractivity contribution in [1.82, 2.24) is 15.3 Å². The third-order valence-electron chi connectivity index (χ3n) is 4.44. The van der Waals surface area contributed by atoms with Crippen LogP contribution in [0.25, 0.3) is 0 Å². The van der Waals surface area contributed by atoms with Gasteiger partial charge in [-0.15, -0.1) is 0 Å². The van der Waals surface area contributed by atoms with E-state index in [0.717, 1.165) is 29.8 Å². The Morgan fingerprint density at radius 3 is 2.64 bits per heavy atom. The molecule has 0 unspecified atom stereocenters. The fourth-order valence-electron chi connectivity index (χ4n) is 3.06. The molecular formula is C19H23ClN4O. The molecule has 0 atom stereocenters. The first-order valence-electron chi connectivity index (χ1n) is 8.82. The number of hydrogen-bond donors (Lipinski definition) is 2. The van der Waals surface area contributed by atoms with Gasteiger partial charge in [0.1, 0.15) is 0 Å². The van der Waals surface area contributed by atoms with Gasteiger partial charge in [0, 0.05) is 30.0 Å². The number of rotatable bonds is 6. The molecule has 1 aliphatic rings. The monoisotopic (exact) mass is 358 g/mol. The van der Waals surface area contributed by atoms with Crippen LogP contribution in [-0.2, 0) is 6.42 Å². The zero-order valence-corrected chi connectivity index (χ0v) is 14.9. The summed E-state index contributed by atoms with van der Waals surface area (Å²) in [5.41, 5.74) is 1.66. The second kappa shape index (κ2) is 8.81. The zero-order valence-electron chi connectivity index (χ0n) is 14.2. The van der Waals surface area contributed by atoms with Crippen LogP contribution in [0.5, 0.6) is 0 Å². The van der Waals surface area contributed by atoms with Gasteiger partial charge in [0.25, 0.3) is 5.91 Å². The molecule has 2 N–H and O–H groups in total. The molecule has 0 spiro atoms. The molecule has 0 saturated heterocycles. The van der Waals surface area contributed by atoms with Crippen molar-refractivity contribution in [3.05, 3.63) is 52.8 Å². The first-order chi connectivity index (χ1) is 12.2. The Labute approximate surface area is 153 Å². The Bertz CT molecular complexity index is 699. The zero-order chi connectivity index (χ0) is 17.5. The fourth-order valence-corrected chi connectivity index (χ4v) is 3.28. The molecule has 0 bridgehead atoms. The number of anilines is 1. The molecule has 0 radical (unpaired) electrons. The van der Waals surface area contributed by atoms with E-state index >= 15 is 0 Å². The van der Waals surface area contributed by atoms with Gasteiger partial charge in [0.15, 0.2) is 0 Å². The lowest BCUT2D eigenvalue weighted by molar-refractivity contribution is 0.0927. The molecule has 25 heavy (non-hydrogen) atoms. The van der Waals surface area contributed by atoms with E-state index in [-0.39, 0.29) is 11.9 Å². The van der Waals surface area contributed by atoms with Gasteiger partial charge in [0.2, 0.25) is 5.95 Å². The second-order valence-corrected chi connectivity index (χ2v) is 6.85. The van der Waals surface area contributed by atoms with Crippen LogP contribution in [0, 0.1) is 0 Å². The van der Waals surface area contributed by atoms with Crippen LogP contribution in [-0.4, -0.2) is 28.5 Å². The number of amides is 1. The normalized spacial score (nSPS) is 14.9. The highest BCUT2D eigenvalue weighted by Gasteiger charge is 2.17. The smallest absolute Gasteiger partial charge is 0.254 e. The Kier molecular flexibility index (Phi) is 6.23. The molecule has 1 heterocycles. The summed E-state index contributed by atoms with van der Waals surface area (Å²) in [4.78, 5) is 20.7. The first-order valence-corrected chi connectivity index (χ1v) is 9.20. The van der Waals surface area contributed by atoms with Crippen molar-refractivity contribution in [3.63, 3.8) is 0 Å². The van der Waals surface area contributed by atoms with Gasteiger partial charge >= 0.3 is 0 Å². The molecule has 5 nitrogen and oxygen atoms in total. The predicted molar refractivity (Wildman–Crippen MR) is 100 cm³/mol. The summed E-state index contributed by atoms with van der Waals surface area (Å²) in [6, 6.07) is 8.07. The predicted octanol–water partition coefficient (Wildman–Crippen LogP) is 3.85. The number of halogens is 1. The number of nitrogens with zero attached hydrogens (tertiary/aromatic N) is 2. The van der Waals surface area contributed by atoms with Crippen molar-refractivity contribution in [2.24, 2.45) is 0 Å². The molecule has 3 rings (SSSR count). The summed E-state index contributed by atoms with van der Waals surface area (Å²) in [7, 11) is 0. The number of carbonyl (C=O) groups excluding carboxylic acids is 1. The molecule has 1 aromatic carbocycles. The summed E-state index contributed by atoms with van der Waals surface area (Å²) in [5.74, 6) is 0.439. The van der Waals surface area contributed by atoms with Gasteiger partial charge in [-0.1, -0.05) is 43.0 Å². The van der Waals surface area contributed by atoms with Crippen LogP contribution in [0.1, 0.15) is 48.0 Å². The molecule has 1 saturated carbocycles. The Hall–Kier alpha value is -2.14. The van der Waals surface area contributed by atoms with Crippen molar-refractivity contribution in [2.75, 3.05) is 11.9 Å². The molecule has 1 fully saturated rings. The Balaban J connectivity index is 1.47. The van der Waals surface area contributed by atoms with Crippen LogP contribution in [0.15, 0.2) is 36.7 Å². The van der Waals surface area contributed by atoms with Gasteiger partial charge in [-0.05, 0) is 37.0 Å². The van der Waals surface area contributed by atoms with E-state index in [2.05, 4.69) is 20.6 Å². The second-order valence-electron chi connectivity index (χ2n) is 6.41. The van der Waals surface area contributed by atoms with E-state index in [4.69, 9.17) is 11.6 Å². The van der Waals surface area contributed by atoms with Crippen LogP contribution < -0.4 is 10.6 Å². The van der Waals surface area contributed by atoms with E-state index in [9.17, 15) is 4.79 Å². The van der Waals surface area contributed by atoms with Crippen LogP contribution in [0.2, 0.25) is 5.02 Å². The molecule has 1 aliphatic carbocycles. The summed E-state index contributed by atoms with van der Waals surface area (Å²) >= 11 is 5.97. The Morgan fingerprint density at radius 1 is 1.16 bits per heavy atom.